The summed E-state index contributed by atoms with van der Waals surface area (Å²) >= 11 is 0. The lowest BCUT2D eigenvalue weighted by molar-refractivity contribution is 0.0516. The lowest BCUT2D eigenvalue weighted by atomic mass is 10.0. The minimum atomic E-state index is -0.395. The van der Waals surface area contributed by atoms with E-state index in [-0.39, 0.29) is 0 Å². The Morgan fingerprint density at radius 2 is 1.95 bits per heavy atom. The second-order valence-electron chi connectivity index (χ2n) is 4.59. The molecule has 20 heavy (non-hydrogen) atoms. The number of esters is 1. The molecule has 0 atom stereocenters. The fourth-order valence-corrected chi connectivity index (χ4v) is 2.26. The first kappa shape index (κ1) is 14.0. The molecule has 106 valence electrons. The van der Waals surface area contributed by atoms with E-state index >= 15 is 0 Å². The fraction of sp³-hybridized carbons (Fsp3) is 0.267. The lowest BCUT2D eigenvalue weighted by Gasteiger charge is -2.09. The van der Waals surface area contributed by atoms with Crippen molar-refractivity contribution in [2.45, 2.75) is 13.8 Å². The predicted octanol–water partition coefficient (Wildman–Crippen LogP) is 2.34. The molecule has 0 unspecified atom stereocenters. The second kappa shape index (κ2) is 5.28. The van der Waals surface area contributed by atoms with Crippen LogP contribution in [0, 0.1) is 6.92 Å². The number of para-hydroxylation sites is 1. The SMILES string of the molecule is CCOC(=O)c1c(-c2ccccc2N)c(N)c(C)n1C. The summed E-state index contributed by atoms with van der Waals surface area (Å²) in [4.78, 5) is 12.2. The van der Waals surface area contributed by atoms with Gasteiger partial charge >= 0.3 is 5.97 Å². The van der Waals surface area contributed by atoms with Crippen LogP contribution in [0.15, 0.2) is 24.3 Å². The summed E-state index contributed by atoms with van der Waals surface area (Å²) in [7, 11) is 1.79. The number of nitrogens with zero attached hydrogens (tertiary/aromatic N) is 1. The minimum absolute atomic E-state index is 0.312. The molecule has 2 aromatic rings. The summed E-state index contributed by atoms with van der Waals surface area (Å²) in [6, 6.07) is 7.34. The molecule has 2 rings (SSSR count). The molecule has 0 saturated carbocycles. The Morgan fingerprint density at radius 1 is 1.30 bits per heavy atom. The van der Waals surface area contributed by atoms with E-state index in [1.807, 2.05) is 25.1 Å². The van der Waals surface area contributed by atoms with Gasteiger partial charge in [0.25, 0.3) is 0 Å². The number of nitrogen functional groups attached to an aromatic ring is 2. The molecule has 0 saturated heterocycles. The van der Waals surface area contributed by atoms with E-state index in [0.717, 1.165) is 11.3 Å². The molecule has 0 radical (unpaired) electrons. The van der Waals surface area contributed by atoms with Crippen LogP contribution in [0.1, 0.15) is 23.1 Å². The standard InChI is InChI=1S/C15H19N3O2/c1-4-20-15(19)14-12(13(17)9(2)18(14)3)10-7-5-6-8-11(10)16/h5-8H,4,16-17H2,1-3H3. The third kappa shape index (κ3) is 2.11. The Bertz CT molecular complexity index is 659. The smallest absolute Gasteiger partial charge is 0.355 e. The molecular weight excluding hydrogens is 254 g/mol. The molecule has 0 bridgehead atoms. The second-order valence-corrected chi connectivity index (χ2v) is 4.59. The number of rotatable bonds is 3. The highest BCUT2D eigenvalue weighted by atomic mass is 16.5. The van der Waals surface area contributed by atoms with Gasteiger partial charge in [-0.25, -0.2) is 4.79 Å². The van der Waals surface area contributed by atoms with E-state index < -0.39 is 5.97 Å². The van der Waals surface area contributed by atoms with Crippen molar-refractivity contribution in [2.75, 3.05) is 18.1 Å². The highest BCUT2D eigenvalue weighted by Crippen LogP contribution is 2.37. The highest BCUT2D eigenvalue weighted by Gasteiger charge is 2.25. The fourth-order valence-electron chi connectivity index (χ4n) is 2.26. The van der Waals surface area contributed by atoms with Gasteiger partial charge in [-0.3, -0.25) is 0 Å². The molecular formula is C15H19N3O2. The minimum Gasteiger partial charge on any atom is -0.461 e. The van der Waals surface area contributed by atoms with Crippen molar-refractivity contribution >= 4 is 17.3 Å². The van der Waals surface area contributed by atoms with Crippen LogP contribution in [0.25, 0.3) is 11.1 Å². The number of carbonyl (C=O) groups is 1. The molecule has 1 aromatic carbocycles. The zero-order valence-corrected chi connectivity index (χ0v) is 11.9. The van der Waals surface area contributed by atoms with Crippen LogP contribution in [-0.2, 0) is 11.8 Å². The van der Waals surface area contributed by atoms with Gasteiger partial charge in [0.15, 0.2) is 0 Å². The normalized spacial score (nSPS) is 10.6. The van der Waals surface area contributed by atoms with Crippen LogP contribution in [0.2, 0.25) is 0 Å². The Labute approximate surface area is 118 Å². The van der Waals surface area contributed by atoms with Crippen molar-refractivity contribution < 1.29 is 9.53 Å². The summed E-state index contributed by atoms with van der Waals surface area (Å²) in [5.74, 6) is -0.395. The van der Waals surface area contributed by atoms with Crippen molar-refractivity contribution in [3.05, 3.63) is 35.7 Å². The first-order chi connectivity index (χ1) is 9.49. The number of benzene rings is 1. The van der Waals surface area contributed by atoms with Crippen LogP contribution in [0.3, 0.4) is 0 Å². The van der Waals surface area contributed by atoms with Gasteiger partial charge in [-0.1, -0.05) is 18.2 Å². The third-order valence-corrected chi connectivity index (χ3v) is 3.43. The number of hydrogen-bond acceptors (Lipinski definition) is 4. The van der Waals surface area contributed by atoms with Crippen LogP contribution < -0.4 is 11.5 Å². The van der Waals surface area contributed by atoms with E-state index in [0.29, 0.717) is 29.2 Å². The van der Waals surface area contributed by atoms with Gasteiger partial charge in [0.05, 0.1) is 12.3 Å². The maximum absolute atomic E-state index is 12.2. The van der Waals surface area contributed by atoms with Crippen molar-refractivity contribution in [3.63, 3.8) is 0 Å². The van der Waals surface area contributed by atoms with E-state index in [1.165, 1.54) is 0 Å². The summed E-state index contributed by atoms with van der Waals surface area (Å²) in [5.41, 5.74) is 15.9. The molecule has 0 fully saturated rings. The zero-order chi connectivity index (χ0) is 14.9. The summed E-state index contributed by atoms with van der Waals surface area (Å²) in [5, 5.41) is 0. The average Bonchev–Trinajstić information content (AvgIpc) is 2.64. The topological polar surface area (TPSA) is 83.3 Å². The van der Waals surface area contributed by atoms with Crippen LogP contribution in [0.4, 0.5) is 11.4 Å². The Balaban J connectivity index is 2.73. The van der Waals surface area contributed by atoms with E-state index in [4.69, 9.17) is 16.2 Å². The van der Waals surface area contributed by atoms with Gasteiger partial charge in [0.1, 0.15) is 5.69 Å². The third-order valence-electron chi connectivity index (χ3n) is 3.43. The van der Waals surface area contributed by atoms with Crippen LogP contribution >= 0.6 is 0 Å². The number of anilines is 2. The maximum atomic E-state index is 12.2. The molecule has 4 N–H and O–H groups in total. The Kier molecular flexibility index (Phi) is 3.70. The Hall–Kier alpha value is -2.43. The first-order valence-corrected chi connectivity index (χ1v) is 6.45. The molecule has 0 aliphatic heterocycles. The first-order valence-electron chi connectivity index (χ1n) is 6.45. The van der Waals surface area contributed by atoms with Gasteiger partial charge < -0.3 is 20.8 Å². The molecule has 1 aromatic heterocycles. The molecule has 0 aliphatic rings. The average molecular weight is 273 g/mol. The Morgan fingerprint density at radius 3 is 2.55 bits per heavy atom. The van der Waals surface area contributed by atoms with E-state index in [1.54, 1.807) is 24.6 Å². The summed E-state index contributed by atoms with van der Waals surface area (Å²) in [6.45, 7) is 3.95. The highest BCUT2D eigenvalue weighted by molar-refractivity contribution is 6.02. The van der Waals surface area contributed by atoms with Gasteiger partial charge in [0.2, 0.25) is 0 Å². The van der Waals surface area contributed by atoms with E-state index in [9.17, 15) is 4.79 Å². The quantitative estimate of drug-likeness (QED) is 0.664. The van der Waals surface area contributed by atoms with Crippen LogP contribution in [-0.4, -0.2) is 17.1 Å². The van der Waals surface area contributed by atoms with Crippen LogP contribution in [0.5, 0.6) is 0 Å². The number of carbonyl (C=O) groups excluding carboxylic acids is 1. The number of ether oxygens (including phenoxy) is 1. The number of aromatic nitrogens is 1. The molecule has 1 heterocycles. The summed E-state index contributed by atoms with van der Waals surface area (Å²) < 4.78 is 6.87. The van der Waals surface area contributed by atoms with Crippen molar-refractivity contribution in [3.8, 4) is 11.1 Å². The molecule has 0 amide bonds. The zero-order valence-electron chi connectivity index (χ0n) is 11.9. The maximum Gasteiger partial charge on any atom is 0.355 e. The monoisotopic (exact) mass is 273 g/mol. The largest absolute Gasteiger partial charge is 0.461 e. The molecule has 5 nitrogen and oxygen atoms in total. The van der Waals surface area contributed by atoms with Crippen molar-refractivity contribution in [2.24, 2.45) is 7.05 Å². The van der Waals surface area contributed by atoms with Crippen molar-refractivity contribution in [1.82, 2.24) is 4.57 Å². The molecule has 5 heteroatoms. The number of nitrogens with two attached hydrogens (primary N) is 2. The predicted molar refractivity (Wildman–Crippen MR) is 80.4 cm³/mol. The van der Waals surface area contributed by atoms with Crippen molar-refractivity contribution in [1.29, 1.82) is 0 Å². The lowest BCUT2D eigenvalue weighted by Crippen LogP contribution is -2.12. The van der Waals surface area contributed by atoms with Gasteiger partial charge in [0, 0.05) is 29.6 Å². The molecule has 0 aliphatic carbocycles. The molecule has 0 spiro atoms. The van der Waals surface area contributed by atoms with E-state index in [2.05, 4.69) is 0 Å². The number of hydrogen-bond donors (Lipinski definition) is 2. The van der Waals surface area contributed by atoms with Gasteiger partial charge in [-0.05, 0) is 19.9 Å². The van der Waals surface area contributed by atoms with Gasteiger partial charge in [-0.15, -0.1) is 0 Å². The van der Waals surface area contributed by atoms with Gasteiger partial charge in [-0.2, -0.15) is 0 Å². The summed E-state index contributed by atoms with van der Waals surface area (Å²) in [6.07, 6.45) is 0.